The quantitative estimate of drug-likeness (QED) is 0.757. The Bertz CT molecular complexity index is 266. The molecule has 0 aromatic carbocycles. The summed E-state index contributed by atoms with van der Waals surface area (Å²) in [5.41, 5.74) is 1.25. The van der Waals surface area contributed by atoms with Gasteiger partial charge in [-0.1, -0.05) is 20.8 Å². The van der Waals surface area contributed by atoms with E-state index < -0.39 is 0 Å². The molecule has 0 saturated carbocycles. The first kappa shape index (κ1) is 11.1. The van der Waals surface area contributed by atoms with Gasteiger partial charge in [0, 0.05) is 10.6 Å². The molecule has 3 heteroatoms. The molecule has 0 N–H and O–H groups in total. The minimum absolute atomic E-state index is 0.531. The van der Waals surface area contributed by atoms with Crippen LogP contribution in [0.1, 0.15) is 48.7 Å². The molecule has 13 heavy (non-hydrogen) atoms. The maximum absolute atomic E-state index is 4.64. The summed E-state index contributed by atoms with van der Waals surface area (Å²) < 4.78 is 0. The number of rotatable bonds is 4. The number of aryl methyl sites for hydroxylation is 1. The van der Waals surface area contributed by atoms with Crippen molar-refractivity contribution in [3.05, 3.63) is 15.6 Å². The van der Waals surface area contributed by atoms with Gasteiger partial charge in [0.15, 0.2) is 0 Å². The monoisotopic (exact) mass is 215 g/mol. The smallest absolute Gasteiger partial charge is 0.0931 e. The van der Waals surface area contributed by atoms with E-state index in [1.165, 1.54) is 22.0 Å². The van der Waals surface area contributed by atoms with Gasteiger partial charge in [0.1, 0.15) is 0 Å². The fourth-order valence-electron chi connectivity index (χ4n) is 1.30. The van der Waals surface area contributed by atoms with Crippen molar-refractivity contribution in [3.8, 4) is 0 Å². The Morgan fingerprint density at radius 2 is 2.15 bits per heavy atom. The molecule has 0 aliphatic carbocycles. The number of nitrogens with zero attached hydrogens (tertiary/aromatic N) is 1. The van der Waals surface area contributed by atoms with E-state index in [2.05, 4.69) is 38.4 Å². The van der Waals surface area contributed by atoms with Gasteiger partial charge in [-0.05, 0) is 18.8 Å². The molecule has 1 aromatic rings. The first-order chi connectivity index (χ1) is 6.19. The Kier molecular flexibility index (Phi) is 4.26. The van der Waals surface area contributed by atoms with Gasteiger partial charge in [0.25, 0.3) is 0 Å². The van der Waals surface area contributed by atoms with Gasteiger partial charge in [-0.25, -0.2) is 4.98 Å². The number of aromatic nitrogens is 1. The van der Waals surface area contributed by atoms with Gasteiger partial charge in [-0.2, -0.15) is 12.6 Å². The zero-order chi connectivity index (χ0) is 9.84. The third kappa shape index (κ3) is 2.71. The number of thiazole rings is 1. The van der Waals surface area contributed by atoms with Crippen LogP contribution in [0.5, 0.6) is 0 Å². The van der Waals surface area contributed by atoms with E-state index in [0.717, 1.165) is 12.2 Å². The summed E-state index contributed by atoms with van der Waals surface area (Å²) in [6, 6.07) is 0. The highest BCUT2D eigenvalue weighted by Crippen LogP contribution is 2.26. The van der Waals surface area contributed by atoms with Crippen LogP contribution >= 0.6 is 24.0 Å². The summed E-state index contributed by atoms with van der Waals surface area (Å²) in [7, 11) is 0. The minimum atomic E-state index is 0.531. The summed E-state index contributed by atoms with van der Waals surface area (Å²) >= 11 is 6.15. The van der Waals surface area contributed by atoms with Crippen LogP contribution in [0.25, 0.3) is 0 Å². The molecule has 0 spiro atoms. The Balaban J connectivity index is 2.90. The van der Waals surface area contributed by atoms with Crippen LogP contribution in [-0.2, 0) is 12.2 Å². The van der Waals surface area contributed by atoms with Crippen molar-refractivity contribution >= 4 is 24.0 Å². The first-order valence-corrected chi connectivity index (χ1v) is 6.23. The van der Waals surface area contributed by atoms with E-state index in [4.69, 9.17) is 0 Å². The number of thiol groups is 1. The van der Waals surface area contributed by atoms with Crippen LogP contribution in [0, 0.1) is 0 Å². The summed E-state index contributed by atoms with van der Waals surface area (Å²) in [5, 5.41) is 1.27. The Hall–Kier alpha value is -0.0200. The lowest BCUT2D eigenvalue weighted by Gasteiger charge is -2.01. The molecule has 0 fully saturated rings. The van der Waals surface area contributed by atoms with Crippen molar-refractivity contribution in [2.24, 2.45) is 0 Å². The van der Waals surface area contributed by atoms with Crippen LogP contribution in [0.15, 0.2) is 0 Å². The summed E-state index contributed by atoms with van der Waals surface area (Å²) in [4.78, 5) is 5.99. The average molecular weight is 215 g/mol. The van der Waals surface area contributed by atoms with Crippen molar-refractivity contribution in [2.45, 2.75) is 45.3 Å². The van der Waals surface area contributed by atoms with Gasteiger partial charge >= 0.3 is 0 Å². The molecule has 0 radical (unpaired) electrons. The molecular formula is C10H17NS2. The molecule has 0 amide bonds. The van der Waals surface area contributed by atoms with E-state index in [1.54, 1.807) is 0 Å². The second kappa shape index (κ2) is 5.01. The van der Waals surface area contributed by atoms with E-state index >= 15 is 0 Å². The van der Waals surface area contributed by atoms with E-state index in [0.29, 0.717) is 5.92 Å². The van der Waals surface area contributed by atoms with Crippen molar-refractivity contribution < 1.29 is 0 Å². The summed E-state index contributed by atoms with van der Waals surface area (Å²) in [6.45, 7) is 6.58. The standard InChI is InChI=1S/C10H17NS2/c1-4-5-9-11-10(7(2)3)8(6-12)13-9/h7,12H,4-6H2,1-3H3. The van der Waals surface area contributed by atoms with Crippen molar-refractivity contribution in [1.29, 1.82) is 0 Å². The first-order valence-electron chi connectivity index (χ1n) is 4.78. The molecule has 1 heterocycles. The van der Waals surface area contributed by atoms with Crippen molar-refractivity contribution in [2.75, 3.05) is 0 Å². The lowest BCUT2D eigenvalue weighted by atomic mass is 10.1. The van der Waals surface area contributed by atoms with Gasteiger partial charge < -0.3 is 0 Å². The maximum atomic E-state index is 4.64. The molecule has 0 atom stereocenters. The molecule has 1 aromatic heterocycles. The average Bonchev–Trinajstić information content (AvgIpc) is 2.48. The summed E-state index contributed by atoms with van der Waals surface area (Å²) in [5.74, 6) is 1.36. The second-order valence-electron chi connectivity index (χ2n) is 3.48. The lowest BCUT2D eigenvalue weighted by molar-refractivity contribution is 0.805. The largest absolute Gasteiger partial charge is 0.246 e. The third-order valence-corrected chi connectivity index (χ3v) is 3.59. The van der Waals surface area contributed by atoms with Gasteiger partial charge in [0.2, 0.25) is 0 Å². The predicted molar refractivity (Wildman–Crippen MR) is 62.9 cm³/mol. The van der Waals surface area contributed by atoms with Crippen molar-refractivity contribution in [3.63, 3.8) is 0 Å². The highest BCUT2D eigenvalue weighted by Gasteiger charge is 2.11. The van der Waals surface area contributed by atoms with E-state index in [-0.39, 0.29) is 0 Å². The van der Waals surface area contributed by atoms with E-state index in [9.17, 15) is 0 Å². The van der Waals surface area contributed by atoms with Gasteiger partial charge in [-0.3, -0.25) is 0 Å². The van der Waals surface area contributed by atoms with Gasteiger partial charge in [0.05, 0.1) is 10.7 Å². The van der Waals surface area contributed by atoms with Crippen molar-refractivity contribution in [1.82, 2.24) is 4.98 Å². The highest BCUT2D eigenvalue weighted by molar-refractivity contribution is 7.79. The number of hydrogen-bond donors (Lipinski definition) is 1. The molecule has 1 rings (SSSR count). The lowest BCUT2D eigenvalue weighted by Crippen LogP contribution is -1.92. The maximum Gasteiger partial charge on any atom is 0.0931 e. The fourth-order valence-corrected chi connectivity index (χ4v) is 2.84. The topological polar surface area (TPSA) is 12.9 Å². The SMILES string of the molecule is CCCc1nc(C(C)C)c(CS)s1. The molecule has 0 unspecified atom stereocenters. The zero-order valence-electron chi connectivity index (χ0n) is 8.50. The van der Waals surface area contributed by atoms with Gasteiger partial charge in [-0.15, -0.1) is 11.3 Å². The molecular weight excluding hydrogens is 198 g/mol. The number of hydrogen-bond acceptors (Lipinski definition) is 3. The van der Waals surface area contributed by atoms with Crippen LogP contribution in [-0.4, -0.2) is 4.98 Å². The molecule has 0 aliphatic rings. The minimum Gasteiger partial charge on any atom is -0.246 e. The normalized spacial score (nSPS) is 11.2. The zero-order valence-corrected chi connectivity index (χ0v) is 10.2. The second-order valence-corrected chi connectivity index (χ2v) is 4.96. The van der Waals surface area contributed by atoms with Crippen LogP contribution in [0.3, 0.4) is 0 Å². The van der Waals surface area contributed by atoms with E-state index in [1.807, 2.05) is 11.3 Å². The molecule has 74 valence electrons. The summed E-state index contributed by atoms with van der Waals surface area (Å²) in [6.07, 6.45) is 2.29. The molecule has 0 bridgehead atoms. The van der Waals surface area contributed by atoms with Crippen LogP contribution in [0.4, 0.5) is 0 Å². The molecule has 0 saturated heterocycles. The third-order valence-electron chi connectivity index (χ3n) is 1.93. The highest BCUT2D eigenvalue weighted by atomic mass is 32.1. The Morgan fingerprint density at radius 1 is 1.46 bits per heavy atom. The molecule has 1 nitrogen and oxygen atoms in total. The van der Waals surface area contributed by atoms with Crippen LogP contribution < -0.4 is 0 Å². The Morgan fingerprint density at radius 3 is 2.54 bits per heavy atom. The Labute approximate surface area is 90.0 Å². The molecule has 0 aliphatic heterocycles. The fraction of sp³-hybridized carbons (Fsp3) is 0.700. The predicted octanol–water partition coefficient (Wildman–Crippen LogP) is 3.65. The van der Waals surface area contributed by atoms with Crippen LogP contribution in [0.2, 0.25) is 0 Å².